The molecular formula is C9H11BrN6O2S. The number of hydrogen-bond acceptors (Lipinski definition) is 6. The average molecular weight is 347 g/mol. The van der Waals surface area contributed by atoms with Crippen molar-refractivity contribution < 1.29 is 8.42 Å². The summed E-state index contributed by atoms with van der Waals surface area (Å²) in [5.74, 6) is 0.254. The molecule has 0 atom stereocenters. The second kappa shape index (κ2) is 5.23. The van der Waals surface area contributed by atoms with Crippen LogP contribution in [0.25, 0.3) is 0 Å². The number of aromatic nitrogens is 4. The Balaban J connectivity index is 2.29. The molecule has 1 aromatic heterocycles. The van der Waals surface area contributed by atoms with Crippen molar-refractivity contribution >= 4 is 31.6 Å². The van der Waals surface area contributed by atoms with E-state index in [1.807, 2.05) is 0 Å². The van der Waals surface area contributed by atoms with Gasteiger partial charge in [-0.2, -0.15) is 5.21 Å². The molecule has 2 rings (SSSR count). The maximum atomic E-state index is 12.2. The highest BCUT2D eigenvalue weighted by molar-refractivity contribution is 9.10. The van der Waals surface area contributed by atoms with Gasteiger partial charge >= 0.3 is 0 Å². The number of nitrogen functional groups attached to an aromatic ring is 1. The smallest absolute Gasteiger partial charge is 0.241 e. The minimum Gasteiger partial charge on any atom is -0.398 e. The molecule has 0 bridgehead atoms. The number of sulfonamides is 1. The van der Waals surface area contributed by atoms with E-state index in [0.717, 1.165) is 0 Å². The van der Waals surface area contributed by atoms with Crippen molar-refractivity contribution in [3.63, 3.8) is 0 Å². The number of rotatable bonds is 4. The first-order valence-electron chi connectivity index (χ1n) is 5.18. The van der Waals surface area contributed by atoms with E-state index in [9.17, 15) is 8.42 Å². The Morgan fingerprint density at radius 1 is 1.47 bits per heavy atom. The van der Waals surface area contributed by atoms with Crippen LogP contribution in [-0.2, 0) is 16.6 Å². The maximum absolute atomic E-state index is 12.2. The SMILES string of the molecule is Cc1c(N)cc(Br)cc1S(=O)(=O)NCc1nn[nH]n1. The zero-order chi connectivity index (χ0) is 14.0. The van der Waals surface area contributed by atoms with Crippen LogP contribution < -0.4 is 10.5 Å². The number of tetrazole rings is 1. The first-order chi connectivity index (χ1) is 8.90. The van der Waals surface area contributed by atoms with E-state index in [1.165, 1.54) is 6.07 Å². The van der Waals surface area contributed by atoms with Crippen LogP contribution in [0.2, 0.25) is 0 Å². The molecule has 4 N–H and O–H groups in total. The number of nitrogens with two attached hydrogens (primary N) is 1. The van der Waals surface area contributed by atoms with Crippen LogP contribution >= 0.6 is 15.9 Å². The van der Waals surface area contributed by atoms with Crippen LogP contribution in [0, 0.1) is 6.92 Å². The zero-order valence-corrected chi connectivity index (χ0v) is 12.3. The van der Waals surface area contributed by atoms with Crippen LogP contribution in [-0.4, -0.2) is 29.0 Å². The second-order valence-electron chi connectivity index (χ2n) is 3.77. The molecule has 102 valence electrons. The molecule has 0 fully saturated rings. The first-order valence-corrected chi connectivity index (χ1v) is 7.45. The van der Waals surface area contributed by atoms with Gasteiger partial charge < -0.3 is 5.73 Å². The fourth-order valence-electron chi connectivity index (χ4n) is 1.45. The zero-order valence-electron chi connectivity index (χ0n) is 9.88. The summed E-state index contributed by atoms with van der Waals surface area (Å²) in [5.41, 5.74) is 6.63. The Labute approximate surface area is 118 Å². The standard InChI is InChI=1S/C9H11BrN6O2S/c1-5-7(11)2-6(10)3-8(5)19(17,18)12-4-9-13-15-16-14-9/h2-3,12H,4,11H2,1H3,(H,13,14,15,16). The van der Waals surface area contributed by atoms with Gasteiger partial charge in [0.15, 0.2) is 5.82 Å². The third-order valence-corrected chi connectivity index (χ3v) is 4.45. The Bertz CT molecular complexity index is 685. The molecule has 10 heteroatoms. The van der Waals surface area contributed by atoms with E-state index >= 15 is 0 Å². The van der Waals surface area contributed by atoms with Crippen molar-refractivity contribution in [1.29, 1.82) is 0 Å². The van der Waals surface area contributed by atoms with Crippen LogP contribution in [0.3, 0.4) is 0 Å². The number of aromatic amines is 1. The third-order valence-electron chi connectivity index (χ3n) is 2.46. The fraction of sp³-hybridized carbons (Fsp3) is 0.222. The average Bonchev–Trinajstić information content (AvgIpc) is 2.84. The molecule has 0 spiro atoms. The highest BCUT2D eigenvalue weighted by Crippen LogP contribution is 2.26. The lowest BCUT2D eigenvalue weighted by Gasteiger charge is -2.10. The minimum absolute atomic E-state index is 0.0509. The lowest BCUT2D eigenvalue weighted by atomic mass is 10.2. The van der Waals surface area contributed by atoms with Gasteiger partial charge in [0.2, 0.25) is 10.0 Å². The van der Waals surface area contributed by atoms with Gasteiger partial charge in [0.25, 0.3) is 0 Å². The van der Waals surface area contributed by atoms with Gasteiger partial charge in [-0.15, -0.1) is 10.2 Å². The molecule has 19 heavy (non-hydrogen) atoms. The first kappa shape index (κ1) is 13.9. The highest BCUT2D eigenvalue weighted by atomic mass is 79.9. The third kappa shape index (κ3) is 3.08. The summed E-state index contributed by atoms with van der Waals surface area (Å²) in [6.45, 7) is 1.59. The van der Waals surface area contributed by atoms with Crippen molar-refractivity contribution in [2.45, 2.75) is 18.4 Å². The van der Waals surface area contributed by atoms with Crippen molar-refractivity contribution in [3.05, 3.63) is 28.0 Å². The van der Waals surface area contributed by atoms with E-state index in [2.05, 4.69) is 41.3 Å². The monoisotopic (exact) mass is 346 g/mol. The number of nitrogens with zero attached hydrogens (tertiary/aromatic N) is 3. The molecule has 0 unspecified atom stereocenters. The fourth-order valence-corrected chi connectivity index (χ4v) is 3.35. The number of anilines is 1. The number of H-pyrrole nitrogens is 1. The van der Waals surface area contributed by atoms with E-state index in [-0.39, 0.29) is 17.3 Å². The van der Waals surface area contributed by atoms with Gasteiger partial charge in [0.1, 0.15) is 0 Å². The molecular weight excluding hydrogens is 336 g/mol. The number of nitrogens with one attached hydrogen (secondary N) is 2. The summed E-state index contributed by atoms with van der Waals surface area (Å²) >= 11 is 3.22. The van der Waals surface area contributed by atoms with Gasteiger partial charge in [-0.1, -0.05) is 21.1 Å². The largest absolute Gasteiger partial charge is 0.398 e. The Kier molecular flexibility index (Phi) is 3.83. The molecule has 2 aromatic rings. The quantitative estimate of drug-likeness (QED) is 0.684. The van der Waals surface area contributed by atoms with Gasteiger partial charge in [0, 0.05) is 10.2 Å². The molecule has 0 radical (unpaired) electrons. The van der Waals surface area contributed by atoms with E-state index < -0.39 is 10.0 Å². The molecule has 8 nitrogen and oxygen atoms in total. The molecule has 0 saturated carbocycles. The Morgan fingerprint density at radius 2 is 2.21 bits per heavy atom. The second-order valence-corrected chi connectivity index (χ2v) is 6.42. The highest BCUT2D eigenvalue weighted by Gasteiger charge is 2.19. The van der Waals surface area contributed by atoms with Crippen molar-refractivity contribution in [3.8, 4) is 0 Å². The molecule has 1 heterocycles. The molecule has 0 saturated heterocycles. The lowest BCUT2D eigenvalue weighted by molar-refractivity contribution is 0.578. The lowest BCUT2D eigenvalue weighted by Crippen LogP contribution is -2.25. The van der Waals surface area contributed by atoms with Gasteiger partial charge in [-0.3, -0.25) is 0 Å². The van der Waals surface area contributed by atoms with E-state index in [0.29, 0.717) is 15.7 Å². The van der Waals surface area contributed by atoms with Crippen molar-refractivity contribution in [2.75, 3.05) is 5.73 Å². The molecule has 0 aliphatic rings. The number of halogens is 1. The van der Waals surface area contributed by atoms with E-state index in [1.54, 1.807) is 13.0 Å². The topological polar surface area (TPSA) is 127 Å². The Morgan fingerprint density at radius 3 is 2.84 bits per heavy atom. The van der Waals surface area contributed by atoms with Crippen LogP contribution in [0.15, 0.2) is 21.5 Å². The number of hydrogen-bond donors (Lipinski definition) is 3. The van der Waals surface area contributed by atoms with Crippen molar-refractivity contribution in [1.82, 2.24) is 25.3 Å². The Hall–Kier alpha value is -1.52. The predicted octanol–water partition coefficient (Wildman–Crippen LogP) is 0.331. The van der Waals surface area contributed by atoms with Gasteiger partial charge in [0.05, 0.1) is 11.4 Å². The summed E-state index contributed by atoms with van der Waals surface area (Å²) in [6.07, 6.45) is 0. The molecule has 0 aliphatic carbocycles. The summed E-state index contributed by atoms with van der Waals surface area (Å²) in [7, 11) is -3.69. The molecule has 1 aromatic carbocycles. The summed E-state index contributed by atoms with van der Waals surface area (Å²) in [6, 6.07) is 3.14. The van der Waals surface area contributed by atoms with Crippen LogP contribution in [0.1, 0.15) is 11.4 Å². The van der Waals surface area contributed by atoms with Gasteiger partial charge in [-0.25, -0.2) is 13.1 Å². The molecule has 0 amide bonds. The van der Waals surface area contributed by atoms with E-state index in [4.69, 9.17) is 5.73 Å². The summed E-state index contributed by atoms with van der Waals surface area (Å²) in [4.78, 5) is 0.114. The van der Waals surface area contributed by atoms with Crippen LogP contribution in [0.4, 0.5) is 5.69 Å². The minimum atomic E-state index is -3.69. The van der Waals surface area contributed by atoms with Crippen LogP contribution in [0.5, 0.6) is 0 Å². The molecule has 0 aliphatic heterocycles. The maximum Gasteiger partial charge on any atom is 0.241 e. The number of benzene rings is 1. The normalized spacial score (nSPS) is 11.7. The van der Waals surface area contributed by atoms with Crippen molar-refractivity contribution in [2.24, 2.45) is 0 Å². The van der Waals surface area contributed by atoms with Gasteiger partial charge in [-0.05, 0) is 24.6 Å². The predicted molar refractivity (Wildman–Crippen MR) is 71.5 cm³/mol. The summed E-state index contributed by atoms with van der Waals surface area (Å²) in [5, 5.41) is 12.9. The summed E-state index contributed by atoms with van der Waals surface area (Å²) < 4.78 is 27.3.